The van der Waals surface area contributed by atoms with Gasteiger partial charge in [0, 0.05) is 4.47 Å². The van der Waals surface area contributed by atoms with Gasteiger partial charge in [0.05, 0.1) is 15.7 Å². The molecule has 0 saturated carbocycles. The molecule has 0 unspecified atom stereocenters. The van der Waals surface area contributed by atoms with E-state index in [1.807, 2.05) is 5.51 Å². The molecule has 0 bridgehead atoms. The maximum atomic E-state index is 4.27. The third kappa shape index (κ3) is 1.08. The second-order valence-electron chi connectivity index (χ2n) is 2.39. The van der Waals surface area contributed by atoms with Crippen LogP contribution in [0.25, 0.3) is 10.2 Å². The zero-order chi connectivity index (χ0) is 7.84. The summed E-state index contributed by atoms with van der Waals surface area (Å²) in [5.41, 5.74) is 4.23. The van der Waals surface area contributed by atoms with Crippen LogP contribution in [-0.4, -0.2) is 4.98 Å². The predicted octanol–water partition coefficient (Wildman–Crippen LogP) is 3.37. The first-order chi connectivity index (χ1) is 5.29. The standard InChI is InChI=1S/C8H6BrNS/c1-5-2-3-6(9)8-7(5)10-4-11-8/h2-4H,1H3. The smallest absolute Gasteiger partial charge is 0.0852 e. The van der Waals surface area contributed by atoms with Crippen molar-refractivity contribution in [3.8, 4) is 0 Å². The van der Waals surface area contributed by atoms with Crippen molar-refractivity contribution in [2.75, 3.05) is 0 Å². The van der Waals surface area contributed by atoms with Crippen molar-refractivity contribution in [2.45, 2.75) is 6.92 Å². The third-order valence-electron chi connectivity index (χ3n) is 1.64. The molecule has 0 aliphatic rings. The molecule has 11 heavy (non-hydrogen) atoms. The molecule has 0 aliphatic heterocycles. The lowest BCUT2D eigenvalue weighted by molar-refractivity contribution is 1.42. The molecule has 0 N–H and O–H groups in total. The number of rotatable bonds is 0. The Kier molecular flexibility index (Phi) is 1.69. The number of hydrogen-bond acceptors (Lipinski definition) is 2. The van der Waals surface area contributed by atoms with Crippen molar-refractivity contribution in [2.24, 2.45) is 0 Å². The van der Waals surface area contributed by atoms with Gasteiger partial charge in [-0.1, -0.05) is 6.07 Å². The minimum absolute atomic E-state index is 1.12. The largest absolute Gasteiger partial charge is 0.244 e. The molecular formula is C8H6BrNS. The summed E-state index contributed by atoms with van der Waals surface area (Å²) in [5.74, 6) is 0. The lowest BCUT2D eigenvalue weighted by Crippen LogP contribution is -1.75. The molecule has 1 nitrogen and oxygen atoms in total. The van der Waals surface area contributed by atoms with E-state index in [0.717, 1.165) is 9.99 Å². The quantitative estimate of drug-likeness (QED) is 0.673. The Balaban J connectivity index is 2.96. The number of fused-ring (bicyclic) bond motifs is 1. The molecule has 1 aromatic heterocycles. The van der Waals surface area contributed by atoms with Crippen molar-refractivity contribution in [3.63, 3.8) is 0 Å². The normalized spacial score (nSPS) is 10.7. The highest BCUT2D eigenvalue weighted by molar-refractivity contribution is 9.10. The molecule has 0 spiro atoms. The minimum Gasteiger partial charge on any atom is -0.244 e. The molecule has 0 saturated heterocycles. The van der Waals surface area contributed by atoms with E-state index in [9.17, 15) is 0 Å². The molecule has 2 rings (SSSR count). The predicted molar refractivity (Wildman–Crippen MR) is 52.1 cm³/mol. The van der Waals surface area contributed by atoms with Crippen LogP contribution in [0.5, 0.6) is 0 Å². The molecule has 1 heterocycles. The first kappa shape index (κ1) is 7.25. The van der Waals surface area contributed by atoms with Gasteiger partial charge in [-0.15, -0.1) is 11.3 Å². The number of halogens is 1. The van der Waals surface area contributed by atoms with Crippen molar-refractivity contribution in [1.29, 1.82) is 0 Å². The van der Waals surface area contributed by atoms with Crippen LogP contribution in [0, 0.1) is 6.92 Å². The zero-order valence-electron chi connectivity index (χ0n) is 5.97. The van der Waals surface area contributed by atoms with Crippen molar-refractivity contribution in [1.82, 2.24) is 4.98 Å². The molecule has 0 atom stereocenters. The highest BCUT2D eigenvalue weighted by atomic mass is 79.9. The van der Waals surface area contributed by atoms with Gasteiger partial charge in [0.15, 0.2) is 0 Å². The molecule has 2 aromatic rings. The summed E-state index contributed by atoms with van der Waals surface area (Å²) in [4.78, 5) is 4.27. The van der Waals surface area contributed by atoms with Crippen molar-refractivity contribution >= 4 is 37.5 Å². The summed E-state index contributed by atoms with van der Waals surface area (Å²) in [6.07, 6.45) is 0. The van der Waals surface area contributed by atoms with Gasteiger partial charge in [0.1, 0.15) is 0 Å². The van der Waals surface area contributed by atoms with Crippen LogP contribution in [0.2, 0.25) is 0 Å². The maximum Gasteiger partial charge on any atom is 0.0852 e. The molecule has 3 heteroatoms. The van der Waals surface area contributed by atoms with Gasteiger partial charge < -0.3 is 0 Å². The first-order valence-electron chi connectivity index (χ1n) is 3.27. The molecule has 0 amide bonds. The Morgan fingerprint density at radius 2 is 2.27 bits per heavy atom. The fourth-order valence-electron chi connectivity index (χ4n) is 1.05. The highest BCUT2D eigenvalue weighted by Crippen LogP contribution is 2.28. The summed E-state index contributed by atoms with van der Waals surface area (Å²) in [5, 5.41) is 0. The average Bonchev–Trinajstić information content (AvgIpc) is 2.45. The molecule has 0 aliphatic carbocycles. The Hall–Kier alpha value is -0.410. The van der Waals surface area contributed by atoms with Gasteiger partial charge in [-0.25, -0.2) is 4.98 Å². The topological polar surface area (TPSA) is 12.9 Å². The van der Waals surface area contributed by atoms with Crippen LogP contribution >= 0.6 is 27.3 Å². The van der Waals surface area contributed by atoms with Gasteiger partial charge in [-0.2, -0.15) is 0 Å². The summed E-state index contributed by atoms with van der Waals surface area (Å²) < 4.78 is 2.38. The van der Waals surface area contributed by atoms with E-state index in [4.69, 9.17) is 0 Å². The van der Waals surface area contributed by atoms with E-state index in [2.05, 4.69) is 40.0 Å². The van der Waals surface area contributed by atoms with Gasteiger partial charge in [-0.05, 0) is 34.5 Å². The monoisotopic (exact) mass is 227 g/mol. The molecule has 0 fully saturated rings. The summed E-state index contributed by atoms with van der Waals surface area (Å²) in [7, 11) is 0. The van der Waals surface area contributed by atoms with Crippen molar-refractivity contribution < 1.29 is 0 Å². The lowest BCUT2D eigenvalue weighted by atomic mass is 10.2. The highest BCUT2D eigenvalue weighted by Gasteiger charge is 2.02. The molecule has 0 radical (unpaired) electrons. The average molecular weight is 228 g/mol. The Morgan fingerprint density at radius 3 is 3.00 bits per heavy atom. The second kappa shape index (κ2) is 2.57. The van der Waals surface area contributed by atoms with Crippen LogP contribution in [0.15, 0.2) is 22.1 Å². The fourth-order valence-corrected chi connectivity index (χ4v) is 2.42. The van der Waals surface area contributed by atoms with E-state index >= 15 is 0 Å². The Labute approximate surface area is 77.2 Å². The lowest BCUT2D eigenvalue weighted by Gasteiger charge is -1.94. The fraction of sp³-hybridized carbons (Fsp3) is 0.125. The Bertz CT molecular complexity index is 358. The number of hydrogen-bond donors (Lipinski definition) is 0. The van der Waals surface area contributed by atoms with Gasteiger partial charge >= 0.3 is 0 Å². The van der Waals surface area contributed by atoms with E-state index in [1.165, 1.54) is 10.3 Å². The SMILES string of the molecule is Cc1ccc(Br)c2scnc12. The van der Waals surface area contributed by atoms with Gasteiger partial charge in [0.2, 0.25) is 0 Å². The minimum atomic E-state index is 1.12. The maximum absolute atomic E-state index is 4.27. The number of thiazole rings is 1. The first-order valence-corrected chi connectivity index (χ1v) is 4.94. The zero-order valence-corrected chi connectivity index (χ0v) is 8.37. The molecular weight excluding hydrogens is 222 g/mol. The van der Waals surface area contributed by atoms with Gasteiger partial charge in [-0.3, -0.25) is 0 Å². The summed E-state index contributed by atoms with van der Waals surface area (Å²) in [6, 6.07) is 4.14. The van der Waals surface area contributed by atoms with Crippen LogP contribution < -0.4 is 0 Å². The van der Waals surface area contributed by atoms with Crippen LogP contribution in [0.1, 0.15) is 5.56 Å². The number of aryl methyl sites for hydroxylation is 1. The van der Waals surface area contributed by atoms with Gasteiger partial charge in [0.25, 0.3) is 0 Å². The van der Waals surface area contributed by atoms with E-state index in [0.29, 0.717) is 0 Å². The third-order valence-corrected chi connectivity index (χ3v) is 3.42. The van der Waals surface area contributed by atoms with Crippen molar-refractivity contribution in [3.05, 3.63) is 27.7 Å². The van der Waals surface area contributed by atoms with E-state index in [1.54, 1.807) is 11.3 Å². The second-order valence-corrected chi connectivity index (χ2v) is 4.10. The van der Waals surface area contributed by atoms with E-state index < -0.39 is 0 Å². The molecule has 1 aromatic carbocycles. The summed E-state index contributed by atoms with van der Waals surface area (Å²) in [6.45, 7) is 2.08. The van der Waals surface area contributed by atoms with Crippen LogP contribution in [0.4, 0.5) is 0 Å². The van der Waals surface area contributed by atoms with Crippen LogP contribution in [-0.2, 0) is 0 Å². The number of benzene rings is 1. The number of nitrogens with zero attached hydrogens (tertiary/aromatic N) is 1. The molecule has 56 valence electrons. The Morgan fingerprint density at radius 1 is 1.45 bits per heavy atom. The van der Waals surface area contributed by atoms with E-state index in [-0.39, 0.29) is 0 Å². The van der Waals surface area contributed by atoms with Crippen LogP contribution in [0.3, 0.4) is 0 Å². The summed E-state index contributed by atoms with van der Waals surface area (Å²) >= 11 is 5.15. The number of aromatic nitrogens is 1.